The number of likely N-dealkylation sites (tertiary alicyclic amines) is 1. The fraction of sp³-hybridized carbons (Fsp3) is 0.265. The molecule has 0 saturated carbocycles. The normalized spacial score (nSPS) is 14.1. The molecule has 1 amide bonds. The Balaban J connectivity index is 1.04. The average molecular weight is 561 g/mol. The first kappa shape index (κ1) is 27.5. The predicted molar refractivity (Wildman–Crippen MR) is 167 cm³/mol. The lowest BCUT2D eigenvalue weighted by Gasteiger charge is -2.31. The molecule has 3 heterocycles. The van der Waals surface area contributed by atoms with Crippen molar-refractivity contribution >= 4 is 34.3 Å². The quantitative estimate of drug-likeness (QED) is 0.177. The smallest absolute Gasteiger partial charge is 0.227 e. The molecule has 0 unspecified atom stereocenters. The Morgan fingerprint density at radius 2 is 1.69 bits per heavy atom. The van der Waals surface area contributed by atoms with E-state index in [-0.39, 0.29) is 11.8 Å². The molecule has 214 valence electrons. The zero-order chi connectivity index (χ0) is 28.7. The number of furan rings is 1. The van der Waals surface area contributed by atoms with E-state index in [2.05, 4.69) is 69.2 Å². The minimum atomic E-state index is 0.0449. The monoisotopic (exact) mass is 560 g/mol. The zero-order valence-electron chi connectivity index (χ0n) is 23.8. The third-order valence-electron chi connectivity index (χ3n) is 7.74. The number of carbonyl (C=O) groups excluding carboxylic acids is 1. The fourth-order valence-electron chi connectivity index (χ4n) is 5.37. The van der Waals surface area contributed by atoms with Crippen molar-refractivity contribution in [1.82, 2.24) is 14.9 Å². The Morgan fingerprint density at radius 3 is 2.45 bits per heavy atom. The number of nitrogens with one attached hydrogen (secondary N) is 3. The highest BCUT2D eigenvalue weighted by molar-refractivity contribution is 5.93. The molecule has 1 fully saturated rings. The lowest BCUT2D eigenvalue weighted by atomic mass is 9.95. The molecule has 3 aromatic carbocycles. The first-order chi connectivity index (χ1) is 20.6. The SMILES string of the molecule is Cc1ccc2nc(NCc3ccco3)nc(NCc3ccc(NC(=O)C4CCN(Cc5ccccc5)CC4)cc3)c2c1. The van der Waals surface area contributed by atoms with Gasteiger partial charge in [-0.05, 0) is 80.4 Å². The summed E-state index contributed by atoms with van der Waals surface area (Å²) in [6, 6.07) is 28.5. The molecule has 0 aliphatic carbocycles. The third kappa shape index (κ3) is 6.95. The van der Waals surface area contributed by atoms with Crippen LogP contribution in [-0.2, 0) is 24.4 Å². The number of nitrogens with zero attached hydrogens (tertiary/aromatic N) is 3. The molecular weight excluding hydrogens is 524 g/mol. The van der Waals surface area contributed by atoms with E-state index in [1.54, 1.807) is 6.26 Å². The Kier molecular flexibility index (Phi) is 8.42. The van der Waals surface area contributed by atoms with E-state index in [1.807, 2.05) is 48.5 Å². The van der Waals surface area contributed by atoms with E-state index in [4.69, 9.17) is 9.40 Å². The van der Waals surface area contributed by atoms with Crippen molar-refractivity contribution in [2.75, 3.05) is 29.0 Å². The van der Waals surface area contributed by atoms with Gasteiger partial charge < -0.3 is 20.4 Å². The van der Waals surface area contributed by atoms with Crippen LogP contribution in [0.2, 0.25) is 0 Å². The van der Waals surface area contributed by atoms with Gasteiger partial charge in [0.15, 0.2) is 0 Å². The maximum Gasteiger partial charge on any atom is 0.227 e. The summed E-state index contributed by atoms with van der Waals surface area (Å²) in [5.74, 6) is 2.27. The molecule has 0 atom stereocenters. The molecule has 0 spiro atoms. The van der Waals surface area contributed by atoms with Crippen molar-refractivity contribution in [2.45, 2.75) is 39.4 Å². The Bertz CT molecular complexity index is 1610. The number of fused-ring (bicyclic) bond motifs is 1. The number of amides is 1. The molecule has 1 aliphatic rings. The second-order valence-corrected chi connectivity index (χ2v) is 10.9. The summed E-state index contributed by atoms with van der Waals surface area (Å²) in [5, 5.41) is 10.8. The maximum absolute atomic E-state index is 13.0. The molecule has 0 radical (unpaired) electrons. The Labute approximate surface area is 246 Å². The Hall–Kier alpha value is -4.69. The zero-order valence-corrected chi connectivity index (χ0v) is 23.8. The molecule has 1 saturated heterocycles. The number of aromatic nitrogens is 2. The van der Waals surface area contributed by atoms with E-state index in [0.717, 1.165) is 71.8 Å². The maximum atomic E-state index is 13.0. The van der Waals surface area contributed by atoms with Crippen molar-refractivity contribution in [2.24, 2.45) is 5.92 Å². The van der Waals surface area contributed by atoms with Crippen LogP contribution in [0.4, 0.5) is 17.5 Å². The third-order valence-corrected chi connectivity index (χ3v) is 7.74. The van der Waals surface area contributed by atoms with E-state index in [9.17, 15) is 4.79 Å². The number of benzene rings is 3. The van der Waals surface area contributed by atoms with Crippen molar-refractivity contribution in [1.29, 1.82) is 0 Å². The van der Waals surface area contributed by atoms with E-state index < -0.39 is 0 Å². The van der Waals surface area contributed by atoms with Gasteiger partial charge in [-0.1, -0.05) is 54.1 Å². The highest BCUT2D eigenvalue weighted by Gasteiger charge is 2.25. The summed E-state index contributed by atoms with van der Waals surface area (Å²) in [5.41, 5.74) is 5.24. The van der Waals surface area contributed by atoms with Crippen LogP contribution in [0, 0.1) is 12.8 Å². The van der Waals surface area contributed by atoms with Crippen LogP contribution in [0.5, 0.6) is 0 Å². The highest BCUT2D eigenvalue weighted by Crippen LogP contribution is 2.25. The summed E-state index contributed by atoms with van der Waals surface area (Å²) < 4.78 is 5.42. The van der Waals surface area contributed by atoms with Gasteiger partial charge >= 0.3 is 0 Å². The molecule has 0 bridgehead atoms. The summed E-state index contributed by atoms with van der Waals surface area (Å²) in [6.45, 7) is 5.98. The highest BCUT2D eigenvalue weighted by atomic mass is 16.3. The number of aryl methyl sites for hydroxylation is 1. The van der Waals surface area contributed by atoms with E-state index in [1.165, 1.54) is 5.56 Å². The van der Waals surface area contributed by atoms with Gasteiger partial charge in [0.25, 0.3) is 0 Å². The molecule has 5 aromatic rings. The molecule has 42 heavy (non-hydrogen) atoms. The van der Waals surface area contributed by atoms with Crippen LogP contribution in [-0.4, -0.2) is 33.9 Å². The van der Waals surface area contributed by atoms with Gasteiger partial charge in [0, 0.05) is 30.1 Å². The number of rotatable bonds is 10. The fourth-order valence-corrected chi connectivity index (χ4v) is 5.37. The largest absolute Gasteiger partial charge is 0.467 e. The first-order valence-corrected chi connectivity index (χ1v) is 14.5. The molecule has 6 rings (SSSR count). The lowest BCUT2D eigenvalue weighted by Crippen LogP contribution is -2.37. The number of hydrogen-bond acceptors (Lipinski definition) is 7. The van der Waals surface area contributed by atoms with Crippen LogP contribution in [0.15, 0.2) is 95.6 Å². The summed E-state index contributed by atoms with van der Waals surface area (Å²) >= 11 is 0. The molecule has 1 aliphatic heterocycles. The van der Waals surface area contributed by atoms with Crippen molar-refractivity contribution < 1.29 is 9.21 Å². The second-order valence-electron chi connectivity index (χ2n) is 10.9. The standard InChI is InChI=1S/C34H36N6O2/c1-24-9-14-31-30(20-24)32(39-34(38-31)36-22-29-8-5-19-42-29)35-21-25-10-12-28(13-11-25)37-33(41)27-15-17-40(18-16-27)23-26-6-3-2-4-7-26/h2-14,19-20,27H,15-18,21-23H2,1H3,(H,37,41)(H2,35,36,38,39). The van der Waals surface area contributed by atoms with Gasteiger partial charge in [-0.3, -0.25) is 9.69 Å². The lowest BCUT2D eigenvalue weighted by molar-refractivity contribution is -0.121. The minimum absolute atomic E-state index is 0.0449. The first-order valence-electron chi connectivity index (χ1n) is 14.5. The van der Waals surface area contributed by atoms with Gasteiger partial charge in [0.05, 0.1) is 18.3 Å². The topological polar surface area (TPSA) is 95.3 Å². The summed E-state index contributed by atoms with van der Waals surface area (Å²) in [4.78, 5) is 24.8. The van der Waals surface area contributed by atoms with Crippen LogP contribution in [0.3, 0.4) is 0 Å². The number of carbonyl (C=O) groups is 1. The molecule has 8 nitrogen and oxygen atoms in total. The second kappa shape index (κ2) is 12.9. The number of anilines is 3. The average Bonchev–Trinajstić information content (AvgIpc) is 3.54. The van der Waals surface area contributed by atoms with Crippen molar-refractivity contribution in [3.8, 4) is 0 Å². The minimum Gasteiger partial charge on any atom is -0.467 e. The van der Waals surface area contributed by atoms with Crippen molar-refractivity contribution in [3.63, 3.8) is 0 Å². The molecule has 3 N–H and O–H groups in total. The van der Waals surface area contributed by atoms with E-state index >= 15 is 0 Å². The van der Waals surface area contributed by atoms with Crippen LogP contribution >= 0.6 is 0 Å². The van der Waals surface area contributed by atoms with E-state index in [0.29, 0.717) is 19.0 Å². The van der Waals surface area contributed by atoms with Crippen molar-refractivity contribution in [3.05, 3.63) is 114 Å². The summed E-state index contributed by atoms with van der Waals surface area (Å²) in [7, 11) is 0. The van der Waals surface area contributed by atoms with Gasteiger partial charge in [0.1, 0.15) is 11.6 Å². The van der Waals surface area contributed by atoms with Gasteiger partial charge in [0.2, 0.25) is 11.9 Å². The van der Waals surface area contributed by atoms with Gasteiger partial charge in [-0.2, -0.15) is 4.98 Å². The predicted octanol–water partition coefficient (Wildman–Crippen LogP) is 6.61. The Morgan fingerprint density at radius 1 is 0.881 bits per heavy atom. The van der Waals surface area contributed by atoms with Gasteiger partial charge in [-0.25, -0.2) is 4.98 Å². The summed E-state index contributed by atoms with van der Waals surface area (Å²) in [6.07, 6.45) is 3.41. The van der Waals surface area contributed by atoms with Gasteiger partial charge in [-0.15, -0.1) is 0 Å². The molecule has 8 heteroatoms. The molecule has 2 aromatic heterocycles. The number of hydrogen-bond donors (Lipinski definition) is 3. The number of piperidine rings is 1. The van der Waals surface area contributed by atoms with Crippen LogP contribution in [0.25, 0.3) is 10.9 Å². The van der Waals surface area contributed by atoms with Crippen LogP contribution in [0.1, 0.15) is 35.3 Å². The molecular formula is C34H36N6O2. The van der Waals surface area contributed by atoms with Crippen LogP contribution < -0.4 is 16.0 Å².